The minimum Gasteiger partial charge on any atom is -0.337 e. The second kappa shape index (κ2) is 7.35. The SMILES string of the molecule is O=C(CCn1c(=S)[nH]c2ccccc2c1=O)N(C1CCCCC1)C1CC1. The first-order chi connectivity index (χ1) is 12.6. The number of hydrogen-bond donors (Lipinski definition) is 1. The third-order valence-electron chi connectivity index (χ3n) is 5.63. The van der Waals surface area contributed by atoms with E-state index in [2.05, 4.69) is 9.88 Å². The summed E-state index contributed by atoms with van der Waals surface area (Å²) in [6.45, 7) is 0.341. The molecule has 1 amide bonds. The van der Waals surface area contributed by atoms with Gasteiger partial charge in [0.2, 0.25) is 5.91 Å². The molecule has 2 aliphatic carbocycles. The van der Waals surface area contributed by atoms with Crippen molar-refractivity contribution in [3.63, 3.8) is 0 Å². The smallest absolute Gasteiger partial charge is 0.262 e. The van der Waals surface area contributed by atoms with Crippen LogP contribution in [0.25, 0.3) is 10.9 Å². The van der Waals surface area contributed by atoms with Crippen molar-refractivity contribution >= 4 is 29.0 Å². The molecule has 0 bridgehead atoms. The Morgan fingerprint density at radius 1 is 1.12 bits per heavy atom. The third kappa shape index (κ3) is 3.47. The minimum atomic E-state index is -0.118. The number of para-hydroxylation sites is 1. The Labute approximate surface area is 158 Å². The van der Waals surface area contributed by atoms with Crippen molar-refractivity contribution in [2.75, 3.05) is 0 Å². The number of aromatic amines is 1. The molecule has 5 nitrogen and oxygen atoms in total. The summed E-state index contributed by atoms with van der Waals surface area (Å²) in [4.78, 5) is 30.9. The van der Waals surface area contributed by atoms with Gasteiger partial charge < -0.3 is 9.88 Å². The van der Waals surface area contributed by atoms with Crippen LogP contribution in [0.1, 0.15) is 51.4 Å². The van der Waals surface area contributed by atoms with E-state index < -0.39 is 0 Å². The second-order valence-electron chi connectivity index (χ2n) is 7.51. The summed E-state index contributed by atoms with van der Waals surface area (Å²) >= 11 is 5.36. The van der Waals surface area contributed by atoms with Crippen molar-refractivity contribution < 1.29 is 4.79 Å². The van der Waals surface area contributed by atoms with Crippen molar-refractivity contribution in [1.29, 1.82) is 0 Å². The second-order valence-corrected chi connectivity index (χ2v) is 7.89. The fraction of sp³-hybridized carbons (Fsp3) is 0.550. The fourth-order valence-electron chi connectivity index (χ4n) is 4.16. The molecule has 1 N–H and O–H groups in total. The molecular formula is C20H25N3O2S. The van der Waals surface area contributed by atoms with Crippen LogP contribution in [0.3, 0.4) is 0 Å². The topological polar surface area (TPSA) is 58.1 Å². The molecule has 2 aromatic rings. The Balaban J connectivity index is 1.53. The number of benzene rings is 1. The molecule has 26 heavy (non-hydrogen) atoms. The van der Waals surface area contributed by atoms with Gasteiger partial charge in [-0.1, -0.05) is 31.4 Å². The maximum Gasteiger partial charge on any atom is 0.262 e. The number of carbonyl (C=O) groups excluding carboxylic acids is 1. The number of fused-ring (bicyclic) bond motifs is 1. The Hall–Kier alpha value is -1.95. The highest BCUT2D eigenvalue weighted by atomic mass is 32.1. The predicted molar refractivity (Wildman–Crippen MR) is 105 cm³/mol. The summed E-state index contributed by atoms with van der Waals surface area (Å²) < 4.78 is 1.92. The van der Waals surface area contributed by atoms with E-state index >= 15 is 0 Å². The molecule has 0 radical (unpaired) electrons. The maximum atomic E-state index is 12.9. The van der Waals surface area contributed by atoms with Crippen molar-refractivity contribution in [2.24, 2.45) is 0 Å². The molecule has 1 aromatic heterocycles. The Bertz CT molecular complexity index is 923. The Kier molecular flexibility index (Phi) is 4.94. The lowest BCUT2D eigenvalue weighted by molar-refractivity contribution is -0.135. The summed E-state index contributed by atoms with van der Waals surface area (Å²) in [7, 11) is 0. The standard InChI is InChI=1S/C20H25N3O2S/c24-18(23(15-10-11-15)14-6-2-1-3-7-14)12-13-22-19(25)16-8-4-5-9-17(16)21-20(22)26/h4-5,8-9,14-15H,1-3,6-7,10-13H2,(H,21,26). The summed E-state index contributed by atoms with van der Waals surface area (Å²) in [5.41, 5.74) is 0.625. The predicted octanol–water partition coefficient (Wildman–Crippen LogP) is 3.77. The average Bonchev–Trinajstić information content (AvgIpc) is 3.47. The Morgan fingerprint density at radius 3 is 2.54 bits per heavy atom. The highest BCUT2D eigenvalue weighted by Crippen LogP contribution is 2.34. The number of nitrogens with one attached hydrogen (secondary N) is 1. The van der Waals surface area contributed by atoms with Gasteiger partial charge in [0.05, 0.1) is 10.9 Å². The van der Waals surface area contributed by atoms with Crippen LogP contribution < -0.4 is 5.56 Å². The van der Waals surface area contributed by atoms with E-state index in [-0.39, 0.29) is 11.5 Å². The summed E-state index contributed by atoms with van der Waals surface area (Å²) in [5.74, 6) is 0.175. The molecule has 2 fully saturated rings. The average molecular weight is 372 g/mol. The van der Waals surface area contributed by atoms with Gasteiger partial charge in [-0.25, -0.2) is 0 Å². The zero-order valence-corrected chi connectivity index (χ0v) is 15.8. The highest BCUT2D eigenvalue weighted by molar-refractivity contribution is 7.71. The van der Waals surface area contributed by atoms with E-state index in [0.29, 0.717) is 35.2 Å². The van der Waals surface area contributed by atoms with Crippen LogP contribution in [-0.2, 0) is 11.3 Å². The fourth-order valence-corrected chi connectivity index (χ4v) is 4.44. The summed E-state index contributed by atoms with van der Waals surface area (Å²) in [5, 5.41) is 0.611. The first-order valence-corrected chi connectivity index (χ1v) is 10.1. The highest BCUT2D eigenvalue weighted by Gasteiger charge is 2.37. The van der Waals surface area contributed by atoms with E-state index in [1.807, 2.05) is 18.2 Å². The van der Waals surface area contributed by atoms with Crippen LogP contribution in [0.2, 0.25) is 0 Å². The molecule has 0 saturated heterocycles. The van der Waals surface area contributed by atoms with Crippen LogP contribution in [0.4, 0.5) is 0 Å². The zero-order valence-electron chi connectivity index (χ0n) is 14.9. The maximum absolute atomic E-state index is 12.9. The number of hydrogen-bond acceptors (Lipinski definition) is 3. The van der Waals surface area contributed by atoms with Crippen molar-refractivity contribution in [3.05, 3.63) is 39.4 Å². The molecule has 1 aromatic carbocycles. The first-order valence-electron chi connectivity index (χ1n) is 9.68. The van der Waals surface area contributed by atoms with Gasteiger partial charge in [0.1, 0.15) is 0 Å². The molecule has 2 saturated carbocycles. The van der Waals surface area contributed by atoms with Crippen LogP contribution >= 0.6 is 12.2 Å². The van der Waals surface area contributed by atoms with Gasteiger partial charge >= 0.3 is 0 Å². The van der Waals surface area contributed by atoms with E-state index in [4.69, 9.17) is 12.2 Å². The molecule has 2 aliphatic rings. The lowest BCUT2D eigenvalue weighted by Gasteiger charge is -2.34. The Morgan fingerprint density at radius 2 is 1.81 bits per heavy atom. The lowest BCUT2D eigenvalue weighted by atomic mass is 9.94. The number of nitrogens with zero attached hydrogens (tertiary/aromatic N) is 2. The zero-order chi connectivity index (χ0) is 18.1. The van der Waals surface area contributed by atoms with E-state index in [9.17, 15) is 9.59 Å². The summed E-state index contributed by atoms with van der Waals surface area (Å²) in [6, 6.07) is 8.17. The monoisotopic (exact) mass is 371 g/mol. The number of amides is 1. The van der Waals surface area contributed by atoms with Crippen molar-refractivity contribution in [3.8, 4) is 0 Å². The van der Waals surface area contributed by atoms with E-state index in [1.54, 1.807) is 6.07 Å². The largest absolute Gasteiger partial charge is 0.337 e. The number of aromatic nitrogens is 2. The van der Waals surface area contributed by atoms with Gasteiger partial charge in [-0.05, 0) is 50.0 Å². The molecule has 138 valence electrons. The number of rotatable bonds is 5. The summed E-state index contributed by atoms with van der Waals surface area (Å²) in [6.07, 6.45) is 8.55. The van der Waals surface area contributed by atoms with Crippen molar-refractivity contribution in [1.82, 2.24) is 14.5 Å². The minimum absolute atomic E-state index is 0.118. The molecular weight excluding hydrogens is 346 g/mol. The van der Waals surface area contributed by atoms with Gasteiger partial charge in [0, 0.05) is 25.0 Å². The van der Waals surface area contributed by atoms with E-state index in [1.165, 1.54) is 23.8 Å². The van der Waals surface area contributed by atoms with Gasteiger partial charge in [-0.15, -0.1) is 0 Å². The quantitative estimate of drug-likeness (QED) is 0.814. The van der Waals surface area contributed by atoms with Gasteiger partial charge in [0.15, 0.2) is 4.77 Å². The normalized spacial score (nSPS) is 18.2. The molecule has 0 atom stereocenters. The number of carbonyl (C=O) groups is 1. The molecule has 4 rings (SSSR count). The third-order valence-corrected chi connectivity index (χ3v) is 5.96. The molecule has 6 heteroatoms. The van der Waals surface area contributed by atoms with Gasteiger partial charge in [0.25, 0.3) is 5.56 Å². The van der Waals surface area contributed by atoms with Crippen molar-refractivity contribution in [2.45, 2.75) is 70.0 Å². The lowest BCUT2D eigenvalue weighted by Crippen LogP contribution is -2.43. The van der Waals surface area contributed by atoms with E-state index in [0.717, 1.165) is 31.2 Å². The van der Waals surface area contributed by atoms with Crippen LogP contribution in [0, 0.1) is 4.77 Å². The van der Waals surface area contributed by atoms with Crippen LogP contribution in [0.5, 0.6) is 0 Å². The molecule has 0 spiro atoms. The molecule has 1 heterocycles. The number of H-pyrrole nitrogens is 1. The van der Waals surface area contributed by atoms with Crippen LogP contribution in [-0.4, -0.2) is 32.4 Å². The van der Waals surface area contributed by atoms with Gasteiger partial charge in [-0.3, -0.25) is 14.2 Å². The van der Waals surface area contributed by atoms with Crippen LogP contribution in [0.15, 0.2) is 29.1 Å². The molecule has 0 unspecified atom stereocenters. The molecule has 0 aliphatic heterocycles. The first kappa shape index (κ1) is 17.5. The van der Waals surface area contributed by atoms with Gasteiger partial charge in [-0.2, -0.15) is 0 Å².